The molecule has 0 aliphatic carbocycles. The van der Waals surface area contributed by atoms with Crippen molar-refractivity contribution < 1.29 is 4.42 Å². The zero-order valence-electron chi connectivity index (χ0n) is 9.81. The molecule has 3 aromatic rings. The molecule has 3 rings (SSSR count). The standard InChI is InChI=1S/C15H9Cl2NO/c16-11-7-5-10(6-8-11)9-12(17)15-18-13-3-1-2-4-14(13)19-15/h1-9H/b12-9-. The number of hydrogen-bond acceptors (Lipinski definition) is 2. The van der Waals surface area contributed by atoms with Gasteiger partial charge in [-0.1, -0.05) is 47.5 Å². The summed E-state index contributed by atoms with van der Waals surface area (Å²) < 4.78 is 5.59. The van der Waals surface area contributed by atoms with Crippen LogP contribution in [0.1, 0.15) is 11.5 Å². The van der Waals surface area contributed by atoms with E-state index < -0.39 is 0 Å². The van der Waals surface area contributed by atoms with E-state index in [0.717, 1.165) is 16.7 Å². The van der Waals surface area contributed by atoms with Gasteiger partial charge in [-0.05, 0) is 35.9 Å². The summed E-state index contributed by atoms with van der Waals surface area (Å²) in [6.45, 7) is 0. The summed E-state index contributed by atoms with van der Waals surface area (Å²) in [6.07, 6.45) is 1.79. The van der Waals surface area contributed by atoms with Crippen LogP contribution < -0.4 is 0 Å². The maximum atomic E-state index is 6.22. The van der Waals surface area contributed by atoms with Gasteiger partial charge in [0.1, 0.15) is 10.5 Å². The number of halogens is 2. The summed E-state index contributed by atoms with van der Waals surface area (Å²) in [6, 6.07) is 14.9. The number of nitrogens with zero attached hydrogens (tertiary/aromatic N) is 1. The third-order valence-electron chi connectivity index (χ3n) is 2.66. The molecule has 0 radical (unpaired) electrons. The maximum absolute atomic E-state index is 6.22. The first-order chi connectivity index (χ1) is 9.22. The lowest BCUT2D eigenvalue weighted by Gasteiger charge is -1.95. The van der Waals surface area contributed by atoms with Crippen LogP contribution in [-0.4, -0.2) is 4.98 Å². The summed E-state index contributed by atoms with van der Waals surface area (Å²) in [7, 11) is 0. The smallest absolute Gasteiger partial charge is 0.238 e. The highest BCUT2D eigenvalue weighted by Crippen LogP contribution is 2.25. The normalized spacial score (nSPS) is 12.0. The van der Waals surface area contributed by atoms with E-state index in [4.69, 9.17) is 27.6 Å². The summed E-state index contributed by atoms with van der Waals surface area (Å²) in [5.41, 5.74) is 2.46. The molecule has 0 N–H and O–H groups in total. The second-order valence-corrected chi connectivity index (χ2v) is 4.87. The molecule has 2 aromatic carbocycles. The van der Waals surface area contributed by atoms with Crippen molar-refractivity contribution in [2.24, 2.45) is 0 Å². The number of hydrogen-bond donors (Lipinski definition) is 0. The van der Waals surface area contributed by atoms with Crippen molar-refractivity contribution in [2.75, 3.05) is 0 Å². The molecule has 2 nitrogen and oxygen atoms in total. The molecule has 0 saturated carbocycles. The Morgan fingerprint density at radius 2 is 1.79 bits per heavy atom. The Kier molecular flexibility index (Phi) is 3.28. The summed E-state index contributed by atoms with van der Waals surface area (Å²) in [4.78, 5) is 4.33. The van der Waals surface area contributed by atoms with E-state index in [1.165, 1.54) is 0 Å². The number of oxazole rings is 1. The number of rotatable bonds is 2. The van der Waals surface area contributed by atoms with Crippen LogP contribution in [0.4, 0.5) is 0 Å². The topological polar surface area (TPSA) is 26.0 Å². The predicted molar refractivity (Wildman–Crippen MR) is 79.2 cm³/mol. The summed E-state index contributed by atoms with van der Waals surface area (Å²) in [5, 5.41) is 1.15. The average Bonchev–Trinajstić information content (AvgIpc) is 2.85. The maximum Gasteiger partial charge on any atom is 0.238 e. The molecule has 0 aliphatic heterocycles. The van der Waals surface area contributed by atoms with Crippen LogP contribution in [0.25, 0.3) is 22.2 Å². The Hall–Kier alpha value is -1.77. The fourth-order valence-electron chi connectivity index (χ4n) is 1.74. The number of para-hydroxylation sites is 2. The van der Waals surface area contributed by atoms with Crippen molar-refractivity contribution in [3.05, 3.63) is 65.0 Å². The largest absolute Gasteiger partial charge is 0.435 e. The van der Waals surface area contributed by atoms with E-state index in [9.17, 15) is 0 Å². The number of aromatic nitrogens is 1. The molecule has 0 amide bonds. The van der Waals surface area contributed by atoms with Gasteiger partial charge in [0.2, 0.25) is 5.89 Å². The molecule has 0 atom stereocenters. The molecular formula is C15H9Cl2NO. The van der Waals surface area contributed by atoms with Gasteiger partial charge in [-0.2, -0.15) is 0 Å². The molecule has 0 unspecified atom stereocenters. The molecule has 19 heavy (non-hydrogen) atoms. The Labute approximate surface area is 120 Å². The van der Waals surface area contributed by atoms with E-state index in [-0.39, 0.29) is 0 Å². The fourth-order valence-corrected chi connectivity index (χ4v) is 2.07. The number of fused-ring (bicyclic) bond motifs is 1. The van der Waals surface area contributed by atoms with E-state index in [1.54, 1.807) is 6.08 Å². The highest BCUT2D eigenvalue weighted by Gasteiger charge is 2.08. The Balaban J connectivity index is 1.98. The zero-order valence-corrected chi connectivity index (χ0v) is 11.3. The van der Waals surface area contributed by atoms with Crippen molar-refractivity contribution in [1.29, 1.82) is 0 Å². The Morgan fingerprint density at radius 3 is 2.53 bits per heavy atom. The van der Waals surface area contributed by atoms with Crippen LogP contribution in [0.5, 0.6) is 0 Å². The highest BCUT2D eigenvalue weighted by molar-refractivity contribution is 6.50. The monoisotopic (exact) mass is 289 g/mol. The van der Waals surface area contributed by atoms with Crippen molar-refractivity contribution >= 4 is 45.4 Å². The third kappa shape index (κ3) is 2.65. The van der Waals surface area contributed by atoms with Crippen molar-refractivity contribution in [3.8, 4) is 0 Å². The SMILES string of the molecule is Cl/C(=C\c1ccc(Cl)cc1)c1nc2ccccc2o1. The Morgan fingerprint density at radius 1 is 1.05 bits per heavy atom. The van der Waals surface area contributed by atoms with Crippen LogP contribution in [-0.2, 0) is 0 Å². The quantitative estimate of drug-likeness (QED) is 0.646. The van der Waals surface area contributed by atoms with Crippen LogP contribution in [0, 0.1) is 0 Å². The minimum absolute atomic E-state index is 0.415. The van der Waals surface area contributed by atoms with Gasteiger partial charge in [-0.3, -0.25) is 0 Å². The van der Waals surface area contributed by atoms with E-state index >= 15 is 0 Å². The first-order valence-electron chi connectivity index (χ1n) is 5.71. The van der Waals surface area contributed by atoms with Gasteiger partial charge in [0.15, 0.2) is 5.58 Å². The van der Waals surface area contributed by atoms with Gasteiger partial charge in [-0.25, -0.2) is 4.98 Å². The van der Waals surface area contributed by atoms with E-state index in [0.29, 0.717) is 15.9 Å². The van der Waals surface area contributed by atoms with Gasteiger partial charge in [0.05, 0.1) is 0 Å². The lowest BCUT2D eigenvalue weighted by molar-refractivity contribution is 0.588. The second-order valence-electron chi connectivity index (χ2n) is 4.03. The molecule has 0 saturated heterocycles. The summed E-state index contributed by atoms with van der Waals surface area (Å²) in [5.74, 6) is 0.415. The second kappa shape index (κ2) is 5.08. The van der Waals surface area contributed by atoms with Gasteiger partial charge in [0.25, 0.3) is 0 Å². The zero-order chi connectivity index (χ0) is 13.2. The third-order valence-corrected chi connectivity index (χ3v) is 3.18. The molecule has 0 spiro atoms. The molecular weight excluding hydrogens is 281 g/mol. The minimum atomic E-state index is 0.415. The van der Waals surface area contributed by atoms with Crippen molar-refractivity contribution in [1.82, 2.24) is 4.98 Å². The van der Waals surface area contributed by atoms with Crippen LogP contribution in [0.15, 0.2) is 52.9 Å². The van der Waals surface area contributed by atoms with Gasteiger partial charge in [-0.15, -0.1) is 0 Å². The summed E-state index contributed by atoms with van der Waals surface area (Å²) >= 11 is 12.1. The van der Waals surface area contributed by atoms with Gasteiger partial charge in [0, 0.05) is 5.02 Å². The first-order valence-corrected chi connectivity index (χ1v) is 6.47. The molecule has 4 heteroatoms. The molecule has 1 aromatic heterocycles. The fraction of sp³-hybridized carbons (Fsp3) is 0. The molecule has 0 bridgehead atoms. The van der Waals surface area contributed by atoms with Gasteiger partial charge >= 0.3 is 0 Å². The van der Waals surface area contributed by atoms with Crippen LogP contribution >= 0.6 is 23.2 Å². The van der Waals surface area contributed by atoms with Gasteiger partial charge < -0.3 is 4.42 Å². The van der Waals surface area contributed by atoms with Crippen LogP contribution in [0.3, 0.4) is 0 Å². The molecule has 94 valence electrons. The lowest BCUT2D eigenvalue weighted by atomic mass is 10.2. The molecule has 0 aliphatic rings. The van der Waals surface area contributed by atoms with E-state index in [1.807, 2.05) is 48.5 Å². The van der Waals surface area contributed by atoms with Crippen molar-refractivity contribution in [3.63, 3.8) is 0 Å². The Bertz CT molecular complexity index is 711. The first kappa shape index (κ1) is 12.3. The van der Waals surface area contributed by atoms with Crippen molar-refractivity contribution in [2.45, 2.75) is 0 Å². The molecule has 1 heterocycles. The van der Waals surface area contributed by atoms with E-state index in [2.05, 4.69) is 4.98 Å². The predicted octanol–water partition coefficient (Wildman–Crippen LogP) is 5.22. The molecule has 0 fully saturated rings. The van der Waals surface area contributed by atoms with Crippen LogP contribution in [0.2, 0.25) is 5.02 Å². The average molecular weight is 290 g/mol. The minimum Gasteiger partial charge on any atom is -0.435 e. The highest BCUT2D eigenvalue weighted by atomic mass is 35.5. The number of benzene rings is 2. The lowest BCUT2D eigenvalue weighted by Crippen LogP contribution is -1.77.